The number of aliphatic hydroxyl groups is 1. The average Bonchev–Trinajstić information content (AvgIpc) is 2.98. The Morgan fingerprint density at radius 2 is 1.95 bits per heavy atom. The maximum absolute atomic E-state index is 11.3. The molecule has 0 saturated heterocycles. The van der Waals surface area contributed by atoms with Gasteiger partial charge in [0.05, 0.1) is 12.6 Å². The lowest BCUT2D eigenvalue weighted by Gasteiger charge is -2.30. The zero-order valence-electron chi connectivity index (χ0n) is 12.1. The summed E-state index contributed by atoms with van der Waals surface area (Å²) in [6.07, 6.45) is 4.95. The van der Waals surface area contributed by atoms with Gasteiger partial charge < -0.3 is 15.7 Å². The van der Waals surface area contributed by atoms with Crippen LogP contribution in [-0.4, -0.2) is 23.6 Å². The maximum atomic E-state index is 11.3. The van der Waals surface area contributed by atoms with E-state index < -0.39 is 6.10 Å². The van der Waals surface area contributed by atoms with E-state index in [2.05, 4.69) is 4.90 Å². The van der Waals surface area contributed by atoms with Crippen molar-refractivity contribution >= 4 is 11.6 Å². The molecule has 0 spiro atoms. The number of nitrogens with two attached hydrogens (primary N) is 1. The Labute approximate surface area is 120 Å². The van der Waals surface area contributed by atoms with Gasteiger partial charge in [-0.15, -0.1) is 0 Å². The Morgan fingerprint density at radius 1 is 1.35 bits per heavy atom. The quantitative estimate of drug-likeness (QED) is 0.838. The number of anilines is 1. The lowest BCUT2D eigenvalue weighted by molar-refractivity contribution is -0.116. The van der Waals surface area contributed by atoms with Crippen LogP contribution in [0.15, 0.2) is 24.3 Å². The summed E-state index contributed by atoms with van der Waals surface area (Å²) in [7, 11) is 0. The fourth-order valence-electron chi connectivity index (χ4n) is 2.94. The van der Waals surface area contributed by atoms with Crippen molar-refractivity contribution in [3.05, 3.63) is 29.8 Å². The van der Waals surface area contributed by atoms with Gasteiger partial charge in [-0.3, -0.25) is 4.79 Å². The Balaban J connectivity index is 2.17. The standard InChI is InChI=1S/C16H24N2O2/c1-2-15(19)12-7-9-14(10-8-12)18(11-16(17)20)13-5-3-4-6-13/h7-10,13,15,19H,2-6,11H2,1H3,(H2,17,20)/t15-/m0/s1. The third kappa shape index (κ3) is 3.51. The number of carbonyl (C=O) groups excluding carboxylic acids is 1. The second-order valence-electron chi connectivity index (χ2n) is 5.55. The Morgan fingerprint density at radius 3 is 2.45 bits per heavy atom. The highest BCUT2D eigenvalue weighted by molar-refractivity contribution is 5.79. The molecule has 4 heteroatoms. The van der Waals surface area contributed by atoms with Crippen molar-refractivity contribution in [2.75, 3.05) is 11.4 Å². The normalized spacial score (nSPS) is 17.1. The molecule has 2 rings (SSSR count). The predicted octanol–water partition coefficient (Wildman–Crippen LogP) is 2.36. The van der Waals surface area contributed by atoms with Gasteiger partial charge in [0.2, 0.25) is 5.91 Å². The third-order valence-corrected chi connectivity index (χ3v) is 4.09. The van der Waals surface area contributed by atoms with Gasteiger partial charge in [0, 0.05) is 11.7 Å². The SMILES string of the molecule is CC[C@H](O)c1ccc(N(CC(N)=O)C2CCCC2)cc1. The number of hydrogen-bond acceptors (Lipinski definition) is 3. The molecular weight excluding hydrogens is 252 g/mol. The van der Waals surface area contributed by atoms with Crippen molar-refractivity contribution in [2.24, 2.45) is 5.73 Å². The fourth-order valence-corrected chi connectivity index (χ4v) is 2.94. The van der Waals surface area contributed by atoms with Crippen molar-refractivity contribution in [1.29, 1.82) is 0 Å². The summed E-state index contributed by atoms with van der Waals surface area (Å²) < 4.78 is 0. The molecule has 3 N–H and O–H groups in total. The molecule has 0 bridgehead atoms. The number of carbonyl (C=O) groups is 1. The smallest absolute Gasteiger partial charge is 0.236 e. The molecule has 1 aromatic carbocycles. The van der Waals surface area contributed by atoms with Crippen LogP contribution in [0, 0.1) is 0 Å². The molecular formula is C16H24N2O2. The van der Waals surface area contributed by atoms with E-state index in [1.807, 2.05) is 31.2 Å². The molecule has 0 aliphatic heterocycles. The van der Waals surface area contributed by atoms with Crippen molar-refractivity contribution in [3.8, 4) is 0 Å². The zero-order chi connectivity index (χ0) is 14.5. The van der Waals surface area contributed by atoms with Gasteiger partial charge in [-0.25, -0.2) is 0 Å². The minimum absolute atomic E-state index is 0.264. The van der Waals surface area contributed by atoms with E-state index >= 15 is 0 Å². The number of benzene rings is 1. The number of hydrogen-bond donors (Lipinski definition) is 2. The van der Waals surface area contributed by atoms with Gasteiger partial charge in [-0.1, -0.05) is 31.9 Å². The van der Waals surface area contributed by atoms with E-state index in [1.165, 1.54) is 12.8 Å². The number of nitrogens with zero attached hydrogens (tertiary/aromatic N) is 1. The van der Waals surface area contributed by atoms with Crippen LogP contribution < -0.4 is 10.6 Å². The summed E-state index contributed by atoms with van der Waals surface area (Å²) in [6, 6.07) is 8.24. The molecule has 1 aromatic rings. The first-order valence-corrected chi connectivity index (χ1v) is 7.44. The van der Waals surface area contributed by atoms with E-state index in [1.54, 1.807) is 0 Å². The Bertz CT molecular complexity index is 438. The summed E-state index contributed by atoms with van der Waals surface area (Å²) >= 11 is 0. The highest BCUT2D eigenvalue weighted by atomic mass is 16.3. The minimum atomic E-state index is -0.417. The van der Waals surface area contributed by atoms with E-state index in [4.69, 9.17) is 5.73 Å². The number of primary amides is 1. The molecule has 1 atom stereocenters. The van der Waals surface area contributed by atoms with Crippen molar-refractivity contribution in [2.45, 2.75) is 51.2 Å². The second-order valence-corrected chi connectivity index (χ2v) is 5.55. The van der Waals surface area contributed by atoms with Gasteiger partial charge in [-0.05, 0) is 37.0 Å². The van der Waals surface area contributed by atoms with E-state index in [-0.39, 0.29) is 12.5 Å². The number of amides is 1. The molecule has 0 unspecified atom stereocenters. The fraction of sp³-hybridized carbons (Fsp3) is 0.562. The molecule has 0 heterocycles. The first-order chi connectivity index (χ1) is 9.61. The van der Waals surface area contributed by atoms with Gasteiger partial charge in [-0.2, -0.15) is 0 Å². The van der Waals surface area contributed by atoms with Crippen LogP contribution in [0.1, 0.15) is 50.7 Å². The summed E-state index contributed by atoms with van der Waals surface area (Å²) in [6.45, 7) is 2.22. The molecule has 4 nitrogen and oxygen atoms in total. The summed E-state index contributed by atoms with van der Waals surface area (Å²) in [5.41, 5.74) is 7.31. The van der Waals surface area contributed by atoms with Crippen LogP contribution >= 0.6 is 0 Å². The van der Waals surface area contributed by atoms with E-state index in [0.29, 0.717) is 12.5 Å². The predicted molar refractivity (Wildman–Crippen MR) is 80.5 cm³/mol. The number of aliphatic hydroxyl groups excluding tert-OH is 1. The summed E-state index contributed by atoms with van der Waals surface area (Å²) in [4.78, 5) is 13.4. The van der Waals surface area contributed by atoms with Crippen LogP contribution in [0.5, 0.6) is 0 Å². The van der Waals surface area contributed by atoms with Crippen molar-refractivity contribution < 1.29 is 9.90 Å². The van der Waals surface area contributed by atoms with Gasteiger partial charge >= 0.3 is 0 Å². The molecule has 1 aliphatic rings. The maximum Gasteiger partial charge on any atom is 0.236 e. The Kier molecular flexibility index (Phi) is 5.01. The monoisotopic (exact) mass is 276 g/mol. The molecule has 1 aliphatic carbocycles. The molecule has 20 heavy (non-hydrogen) atoms. The summed E-state index contributed by atoms with van der Waals surface area (Å²) in [5.74, 6) is -0.297. The van der Waals surface area contributed by atoms with Crippen LogP contribution in [-0.2, 0) is 4.79 Å². The zero-order valence-corrected chi connectivity index (χ0v) is 12.1. The van der Waals surface area contributed by atoms with Gasteiger partial charge in [0.25, 0.3) is 0 Å². The van der Waals surface area contributed by atoms with Crippen LogP contribution in [0.3, 0.4) is 0 Å². The van der Waals surface area contributed by atoms with Gasteiger partial charge in [0.15, 0.2) is 0 Å². The highest BCUT2D eigenvalue weighted by Crippen LogP contribution is 2.29. The average molecular weight is 276 g/mol. The second kappa shape index (κ2) is 6.75. The number of rotatable bonds is 6. The topological polar surface area (TPSA) is 66.6 Å². The van der Waals surface area contributed by atoms with Crippen LogP contribution in [0.4, 0.5) is 5.69 Å². The molecule has 0 aromatic heterocycles. The largest absolute Gasteiger partial charge is 0.388 e. The van der Waals surface area contributed by atoms with Gasteiger partial charge in [0.1, 0.15) is 0 Å². The molecule has 110 valence electrons. The van der Waals surface area contributed by atoms with Crippen molar-refractivity contribution in [1.82, 2.24) is 0 Å². The third-order valence-electron chi connectivity index (χ3n) is 4.09. The lowest BCUT2D eigenvalue weighted by atomic mass is 10.1. The first kappa shape index (κ1) is 14.9. The molecule has 1 saturated carbocycles. The molecule has 1 amide bonds. The Hall–Kier alpha value is -1.55. The molecule has 0 radical (unpaired) electrons. The van der Waals surface area contributed by atoms with Crippen LogP contribution in [0.25, 0.3) is 0 Å². The minimum Gasteiger partial charge on any atom is -0.388 e. The first-order valence-electron chi connectivity index (χ1n) is 7.44. The van der Waals surface area contributed by atoms with Crippen LogP contribution in [0.2, 0.25) is 0 Å². The van der Waals surface area contributed by atoms with E-state index in [0.717, 1.165) is 24.1 Å². The summed E-state index contributed by atoms with van der Waals surface area (Å²) in [5, 5.41) is 9.83. The van der Waals surface area contributed by atoms with E-state index in [9.17, 15) is 9.90 Å². The lowest BCUT2D eigenvalue weighted by Crippen LogP contribution is -2.40. The highest BCUT2D eigenvalue weighted by Gasteiger charge is 2.24. The molecule has 1 fully saturated rings. The van der Waals surface area contributed by atoms with Crippen molar-refractivity contribution in [3.63, 3.8) is 0 Å².